The van der Waals surface area contributed by atoms with Gasteiger partial charge in [0.25, 0.3) is 0 Å². The molecule has 2 aliphatic rings. The van der Waals surface area contributed by atoms with Crippen molar-refractivity contribution in [3.8, 4) is 0 Å². The number of fused-ring (bicyclic) bond motifs is 2. The molecule has 0 spiro atoms. The Hall–Kier alpha value is -2.75. The van der Waals surface area contributed by atoms with Gasteiger partial charge in [0, 0.05) is 11.7 Å². The summed E-state index contributed by atoms with van der Waals surface area (Å²) in [5.41, 5.74) is 10.1. The second kappa shape index (κ2) is 6.63. The summed E-state index contributed by atoms with van der Waals surface area (Å²) in [6.07, 6.45) is 4.92. The van der Waals surface area contributed by atoms with Crippen LogP contribution >= 0.6 is 0 Å². The third-order valence-corrected chi connectivity index (χ3v) is 5.09. The van der Waals surface area contributed by atoms with Crippen LogP contribution in [0.2, 0.25) is 0 Å². The first-order valence-electron chi connectivity index (χ1n) is 8.76. The maximum absolute atomic E-state index is 12.6. The van der Waals surface area contributed by atoms with Crippen LogP contribution in [0.25, 0.3) is 5.57 Å². The summed E-state index contributed by atoms with van der Waals surface area (Å²) < 4.78 is 5.55. The van der Waals surface area contributed by atoms with Gasteiger partial charge >= 0.3 is 6.09 Å². The van der Waals surface area contributed by atoms with Crippen molar-refractivity contribution >= 4 is 17.4 Å². The molecule has 0 aliphatic carbocycles. The number of anilines is 1. The van der Waals surface area contributed by atoms with Crippen molar-refractivity contribution in [2.45, 2.75) is 38.0 Å². The average molecular weight is 334 g/mol. The van der Waals surface area contributed by atoms with E-state index >= 15 is 0 Å². The molecule has 2 aliphatic heterocycles. The molecule has 1 amide bonds. The van der Waals surface area contributed by atoms with Gasteiger partial charge in [-0.2, -0.15) is 0 Å². The third-order valence-electron chi connectivity index (χ3n) is 5.09. The van der Waals surface area contributed by atoms with E-state index in [4.69, 9.17) is 10.5 Å². The molecular weight excluding hydrogens is 312 g/mol. The lowest BCUT2D eigenvalue weighted by Crippen LogP contribution is -2.43. The van der Waals surface area contributed by atoms with Crippen molar-refractivity contribution in [2.24, 2.45) is 0 Å². The van der Waals surface area contributed by atoms with Crippen LogP contribution in [-0.4, -0.2) is 23.1 Å². The minimum atomic E-state index is -0.205. The molecule has 25 heavy (non-hydrogen) atoms. The molecule has 4 nitrogen and oxygen atoms in total. The zero-order valence-corrected chi connectivity index (χ0v) is 14.1. The SMILES string of the molecule is Nc1ccc(C2=CC3CCC(C2)N3C(=O)OCc2ccccc2)cc1. The van der Waals surface area contributed by atoms with Crippen LogP contribution in [-0.2, 0) is 11.3 Å². The van der Waals surface area contributed by atoms with Gasteiger partial charge in [-0.05, 0) is 48.1 Å². The summed E-state index contributed by atoms with van der Waals surface area (Å²) in [5, 5.41) is 0. The van der Waals surface area contributed by atoms with Crippen molar-refractivity contribution in [1.82, 2.24) is 4.90 Å². The van der Waals surface area contributed by atoms with Crippen molar-refractivity contribution in [1.29, 1.82) is 0 Å². The van der Waals surface area contributed by atoms with E-state index in [9.17, 15) is 4.79 Å². The average Bonchev–Trinajstić information content (AvgIpc) is 2.91. The minimum absolute atomic E-state index is 0.134. The van der Waals surface area contributed by atoms with Gasteiger partial charge in [0.15, 0.2) is 0 Å². The fraction of sp³-hybridized carbons (Fsp3) is 0.286. The molecule has 2 aromatic carbocycles. The fourth-order valence-electron chi connectivity index (χ4n) is 3.82. The molecule has 4 heteroatoms. The standard InChI is InChI=1S/C21H22N2O2/c22-18-8-6-16(7-9-18)17-12-19-10-11-20(13-17)23(19)21(24)25-14-15-4-2-1-3-5-15/h1-9,12,19-20H,10-11,13-14,22H2. The van der Waals surface area contributed by atoms with Gasteiger partial charge in [0.2, 0.25) is 0 Å². The smallest absolute Gasteiger partial charge is 0.410 e. The predicted octanol–water partition coefficient (Wildman–Crippen LogP) is 4.23. The van der Waals surface area contributed by atoms with Crippen LogP contribution in [0, 0.1) is 0 Å². The highest BCUT2D eigenvalue weighted by Gasteiger charge is 2.40. The first-order valence-corrected chi connectivity index (χ1v) is 8.76. The Bertz CT molecular complexity index is 783. The Labute approximate surface area is 147 Å². The molecule has 2 heterocycles. The Morgan fingerprint density at radius 1 is 1.08 bits per heavy atom. The summed E-state index contributed by atoms with van der Waals surface area (Å²) in [7, 11) is 0. The van der Waals surface area contributed by atoms with E-state index in [-0.39, 0.29) is 18.2 Å². The molecule has 2 unspecified atom stereocenters. The molecule has 2 bridgehead atoms. The Balaban J connectivity index is 1.46. The number of benzene rings is 2. The zero-order chi connectivity index (χ0) is 17.2. The van der Waals surface area contributed by atoms with E-state index in [0.29, 0.717) is 6.61 Å². The van der Waals surface area contributed by atoms with Gasteiger partial charge in [0.1, 0.15) is 6.61 Å². The van der Waals surface area contributed by atoms with Crippen molar-refractivity contribution in [2.75, 3.05) is 5.73 Å². The van der Waals surface area contributed by atoms with Crippen LogP contribution in [0.3, 0.4) is 0 Å². The summed E-state index contributed by atoms with van der Waals surface area (Å²) in [5.74, 6) is 0. The highest BCUT2D eigenvalue weighted by atomic mass is 16.6. The van der Waals surface area contributed by atoms with E-state index in [0.717, 1.165) is 30.5 Å². The topological polar surface area (TPSA) is 55.6 Å². The molecule has 2 atom stereocenters. The number of amides is 1. The van der Waals surface area contributed by atoms with Crippen molar-refractivity contribution in [3.05, 3.63) is 71.8 Å². The summed E-state index contributed by atoms with van der Waals surface area (Å²) in [4.78, 5) is 14.5. The molecule has 0 aromatic heterocycles. The molecule has 1 fully saturated rings. The van der Waals surface area contributed by atoms with E-state index < -0.39 is 0 Å². The van der Waals surface area contributed by atoms with Crippen LogP contribution in [0.5, 0.6) is 0 Å². The van der Waals surface area contributed by atoms with Gasteiger partial charge in [-0.15, -0.1) is 0 Å². The van der Waals surface area contributed by atoms with Gasteiger partial charge in [0.05, 0.1) is 6.04 Å². The van der Waals surface area contributed by atoms with Crippen molar-refractivity contribution in [3.63, 3.8) is 0 Å². The molecule has 1 saturated heterocycles. The number of nitrogens with zero attached hydrogens (tertiary/aromatic N) is 1. The van der Waals surface area contributed by atoms with Crippen LogP contribution < -0.4 is 5.73 Å². The molecule has 2 aromatic rings. The van der Waals surface area contributed by atoms with Crippen molar-refractivity contribution < 1.29 is 9.53 Å². The second-order valence-electron chi connectivity index (χ2n) is 6.76. The molecule has 0 radical (unpaired) electrons. The van der Waals surface area contributed by atoms with E-state index in [1.54, 1.807) is 0 Å². The van der Waals surface area contributed by atoms with Gasteiger partial charge < -0.3 is 10.5 Å². The molecule has 4 rings (SSSR count). The summed E-state index contributed by atoms with van der Waals surface area (Å²) >= 11 is 0. The van der Waals surface area contributed by atoms with E-state index in [1.807, 2.05) is 47.4 Å². The minimum Gasteiger partial charge on any atom is -0.445 e. The Kier molecular flexibility index (Phi) is 4.18. The highest BCUT2D eigenvalue weighted by Crippen LogP contribution is 2.39. The first kappa shape index (κ1) is 15.8. The lowest BCUT2D eigenvalue weighted by Gasteiger charge is -2.33. The number of nitrogen functional groups attached to an aromatic ring is 1. The number of nitrogens with two attached hydrogens (primary N) is 1. The van der Waals surface area contributed by atoms with Gasteiger partial charge in [-0.25, -0.2) is 4.79 Å². The number of hydrogen-bond acceptors (Lipinski definition) is 3. The van der Waals surface area contributed by atoms with E-state index in [1.165, 1.54) is 11.1 Å². The number of carbonyl (C=O) groups is 1. The lowest BCUT2D eigenvalue weighted by atomic mass is 9.95. The first-order chi connectivity index (χ1) is 12.2. The number of carbonyl (C=O) groups excluding carboxylic acids is 1. The number of hydrogen-bond donors (Lipinski definition) is 1. The van der Waals surface area contributed by atoms with Gasteiger partial charge in [-0.1, -0.05) is 48.5 Å². The number of rotatable bonds is 3. The van der Waals surface area contributed by atoms with Gasteiger partial charge in [-0.3, -0.25) is 4.90 Å². The summed E-state index contributed by atoms with van der Waals surface area (Å²) in [6, 6.07) is 18.1. The molecule has 0 saturated carbocycles. The molecule has 2 N–H and O–H groups in total. The normalized spacial score (nSPS) is 21.8. The summed E-state index contributed by atoms with van der Waals surface area (Å²) in [6.45, 7) is 0.324. The molecular formula is C21H22N2O2. The maximum atomic E-state index is 12.6. The monoisotopic (exact) mass is 334 g/mol. The fourth-order valence-corrected chi connectivity index (χ4v) is 3.82. The number of ether oxygens (including phenoxy) is 1. The third kappa shape index (κ3) is 3.25. The van der Waals surface area contributed by atoms with E-state index in [2.05, 4.69) is 18.2 Å². The maximum Gasteiger partial charge on any atom is 0.410 e. The molecule has 128 valence electrons. The predicted molar refractivity (Wildman–Crippen MR) is 98.7 cm³/mol. The largest absolute Gasteiger partial charge is 0.445 e. The Morgan fingerprint density at radius 2 is 1.84 bits per heavy atom. The highest BCUT2D eigenvalue weighted by molar-refractivity contribution is 5.75. The second-order valence-corrected chi connectivity index (χ2v) is 6.76. The quantitative estimate of drug-likeness (QED) is 0.855. The van der Waals surface area contributed by atoms with Crippen LogP contribution in [0.1, 0.15) is 30.4 Å². The Morgan fingerprint density at radius 3 is 2.56 bits per heavy atom. The lowest BCUT2D eigenvalue weighted by molar-refractivity contribution is 0.0832. The van der Waals surface area contributed by atoms with Crippen LogP contribution in [0.4, 0.5) is 10.5 Å². The van der Waals surface area contributed by atoms with Crippen LogP contribution in [0.15, 0.2) is 60.7 Å². The zero-order valence-electron chi connectivity index (χ0n) is 14.1.